The molecule has 2 rings (SSSR count). The summed E-state index contributed by atoms with van der Waals surface area (Å²) in [4.78, 5) is 0. The normalized spacial score (nSPS) is 14.1. The molecule has 1 nitrogen and oxygen atoms in total. The molecular weight excluding hydrogens is 254 g/mol. The van der Waals surface area contributed by atoms with Crippen molar-refractivity contribution in [2.75, 3.05) is 0 Å². The largest absolute Gasteiger partial charge is 0.304 e. The molecule has 100 valence electrons. The second-order valence-corrected chi connectivity index (χ2v) is 5.52. The molecule has 2 heteroatoms. The van der Waals surface area contributed by atoms with Gasteiger partial charge in [0.25, 0.3) is 0 Å². The Labute approximate surface area is 120 Å². The maximum Gasteiger partial charge on any atom is 0.0409 e. The molecule has 0 radical (unpaired) electrons. The van der Waals surface area contributed by atoms with Gasteiger partial charge >= 0.3 is 0 Å². The first kappa shape index (κ1) is 14.1. The quantitative estimate of drug-likeness (QED) is 0.821. The van der Waals surface area contributed by atoms with Crippen LogP contribution in [0.15, 0.2) is 48.5 Å². The van der Waals surface area contributed by atoms with Crippen molar-refractivity contribution in [1.29, 1.82) is 0 Å². The highest BCUT2D eigenvalue weighted by atomic mass is 35.5. The van der Waals surface area contributed by atoms with Crippen molar-refractivity contribution >= 4 is 11.6 Å². The molecule has 2 aromatic rings. The van der Waals surface area contributed by atoms with E-state index in [1.807, 2.05) is 18.2 Å². The fourth-order valence-corrected chi connectivity index (χ4v) is 2.48. The maximum absolute atomic E-state index is 6.04. The predicted molar refractivity (Wildman–Crippen MR) is 82.6 cm³/mol. The van der Waals surface area contributed by atoms with E-state index in [-0.39, 0.29) is 6.04 Å². The smallest absolute Gasteiger partial charge is 0.0409 e. The van der Waals surface area contributed by atoms with Crippen LogP contribution >= 0.6 is 11.6 Å². The molecule has 0 spiro atoms. The summed E-state index contributed by atoms with van der Waals surface area (Å²) in [5.74, 6) is 0. The first-order valence-electron chi connectivity index (χ1n) is 6.64. The maximum atomic E-state index is 6.04. The van der Waals surface area contributed by atoms with Gasteiger partial charge in [-0.05, 0) is 44.0 Å². The van der Waals surface area contributed by atoms with Crippen molar-refractivity contribution < 1.29 is 0 Å². The van der Waals surface area contributed by atoms with E-state index < -0.39 is 0 Å². The second kappa shape index (κ2) is 6.23. The van der Waals surface area contributed by atoms with E-state index in [2.05, 4.69) is 56.4 Å². The van der Waals surface area contributed by atoms with Gasteiger partial charge in [0.05, 0.1) is 0 Å². The molecule has 1 N–H and O–H groups in total. The number of rotatable bonds is 4. The second-order valence-electron chi connectivity index (χ2n) is 5.08. The molecule has 0 heterocycles. The Kier molecular flexibility index (Phi) is 4.62. The van der Waals surface area contributed by atoms with Crippen LogP contribution in [-0.2, 0) is 0 Å². The van der Waals surface area contributed by atoms with Crippen molar-refractivity contribution in [3.8, 4) is 0 Å². The summed E-state index contributed by atoms with van der Waals surface area (Å²) in [6.07, 6.45) is 0. The van der Waals surface area contributed by atoms with Gasteiger partial charge in [0.15, 0.2) is 0 Å². The van der Waals surface area contributed by atoms with Crippen molar-refractivity contribution in [3.05, 3.63) is 70.2 Å². The lowest BCUT2D eigenvalue weighted by atomic mass is 10.0. The minimum Gasteiger partial charge on any atom is -0.304 e. The lowest BCUT2D eigenvalue weighted by Gasteiger charge is -2.21. The van der Waals surface area contributed by atoms with Gasteiger partial charge in [0, 0.05) is 17.1 Å². The topological polar surface area (TPSA) is 12.0 Å². The fourth-order valence-electron chi connectivity index (χ4n) is 2.28. The molecule has 0 aliphatic heterocycles. The van der Waals surface area contributed by atoms with Gasteiger partial charge in [-0.1, -0.05) is 53.6 Å². The number of nitrogens with one attached hydrogen (secondary N) is 1. The number of hydrogen-bond acceptors (Lipinski definition) is 1. The summed E-state index contributed by atoms with van der Waals surface area (Å²) in [5, 5.41) is 4.39. The van der Waals surface area contributed by atoms with Crippen LogP contribution in [-0.4, -0.2) is 0 Å². The minimum atomic E-state index is 0.272. The number of hydrogen-bond donors (Lipinski definition) is 1. The summed E-state index contributed by atoms with van der Waals surface area (Å²) in [5.41, 5.74) is 3.82. The number of benzene rings is 2. The van der Waals surface area contributed by atoms with Crippen molar-refractivity contribution in [1.82, 2.24) is 5.32 Å². The van der Waals surface area contributed by atoms with Crippen molar-refractivity contribution in [2.45, 2.75) is 32.9 Å². The third-order valence-corrected chi connectivity index (χ3v) is 3.63. The predicted octanol–water partition coefficient (Wildman–Crippen LogP) is 5.06. The van der Waals surface area contributed by atoms with Gasteiger partial charge < -0.3 is 5.32 Å². The summed E-state index contributed by atoms with van der Waals surface area (Å²) < 4.78 is 0. The minimum absolute atomic E-state index is 0.272. The Bertz CT molecular complexity index is 501. The zero-order valence-corrected chi connectivity index (χ0v) is 12.4. The van der Waals surface area contributed by atoms with Crippen LogP contribution in [0.3, 0.4) is 0 Å². The average molecular weight is 274 g/mol. The van der Waals surface area contributed by atoms with E-state index in [1.165, 1.54) is 16.7 Å². The third-order valence-electron chi connectivity index (χ3n) is 3.39. The molecule has 2 aromatic carbocycles. The molecule has 0 bridgehead atoms. The van der Waals surface area contributed by atoms with E-state index in [1.54, 1.807) is 0 Å². The SMILES string of the molecule is Cc1cccc(C(C)N[C@@H](C)c2cccc(Cl)c2)c1. The van der Waals surface area contributed by atoms with Crippen molar-refractivity contribution in [2.24, 2.45) is 0 Å². The Balaban J connectivity index is 2.08. The highest BCUT2D eigenvalue weighted by Crippen LogP contribution is 2.22. The van der Waals surface area contributed by atoms with Crippen LogP contribution in [0, 0.1) is 6.92 Å². The zero-order chi connectivity index (χ0) is 13.8. The number of halogens is 1. The molecule has 2 atom stereocenters. The van der Waals surface area contributed by atoms with Gasteiger partial charge in [0.2, 0.25) is 0 Å². The highest BCUT2D eigenvalue weighted by Gasteiger charge is 2.11. The fraction of sp³-hybridized carbons (Fsp3) is 0.294. The lowest BCUT2D eigenvalue weighted by Crippen LogP contribution is -2.22. The summed E-state index contributed by atoms with van der Waals surface area (Å²) in [6.45, 7) is 6.48. The zero-order valence-electron chi connectivity index (χ0n) is 11.7. The summed E-state index contributed by atoms with van der Waals surface area (Å²) in [6, 6.07) is 17.2. The first-order valence-corrected chi connectivity index (χ1v) is 7.02. The molecule has 0 saturated heterocycles. The third kappa shape index (κ3) is 3.82. The standard InChI is InChI=1S/C17H20ClN/c1-12-6-4-7-15(10-12)13(2)19-14(3)16-8-5-9-17(18)11-16/h4-11,13-14,19H,1-3H3/t13?,14-/m0/s1. The van der Waals surface area contributed by atoms with Crippen LogP contribution < -0.4 is 5.32 Å². The van der Waals surface area contributed by atoms with Gasteiger partial charge in [-0.2, -0.15) is 0 Å². The average Bonchev–Trinajstić information content (AvgIpc) is 2.38. The van der Waals surface area contributed by atoms with Gasteiger partial charge in [0.1, 0.15) is 0 Å². The van der Waals surface area contributed by atoms with E-state index >= 15 is 0 Å². The number of aryl methyl sites for hydroxylation is 1. The molecular formula is C17H20ClN. The first-order chi connectivity index (χ1) is 9.06. The van der Waals surface area contributed by atoms with Gasteiger partial charge in [-0.25, -0.2) is 0 Å². The molecule has 0 saturated carbocycles. The molecule has 0 fully saturated rings. The summed E-state index contributed by atoms with van der Waals surface area (Å²) in [7, 11) is 0. The summed E-state index contributed by atoms with van der Waals surface area (Å²) >= 11 is 6.04. The lowest BCUT2D eigenvalue weighted by molar-refractivity contribution is 0.494. The van der Waals surface area contributed by atoms with Crippen molar-refractivity contribution in [3.63, 3.8) is 0 Å². The molecule has 0 amide bonds. The van der Waals surface area contributed by atoms with Crippen LogP contribution in [0.4, 0.5) is 0 Å². The van der Waals surface area contributed by atoms with E-state index in [9.17, 15) is 0 Å². The van der Waals surface area contributed by atoms with E-state index in [0.29, 0.717) is 6.04 Å². The molecule has 1 unspecified atom stereocenters. The molecule has 19 heavy (non-hydrogen) atoms. The van der Waals surface area contributed by atoms with Gasteiger partial charge in [-0.3, -0.25) is 0 Å². The van der Waals surface area contributed by atoms with Crippen LogP contribution in [0.5, 0.6) is 0 Å². The molecule has 0 aromatic heterocycles. The van der Waals surface area contributed by atoms with Crippen LogP contribution in [0.25, 0.3) is 0 Å². The molecule has 0 aliphatic carbocycles. The Morgan fingerprint density at radius 2 is 1.47 bits per heavy atom. The molecule has 0 aliphatic rings. The monoisotopic (exact) mass is 273 g/mol. The van der Waals surface area contributed by atoms with E-state index in [4.69, 9.17) is 11.6 Å². The Hall–Kier alpha value is -1.31. The Morgan fingerprint density at radius 1 is 0.895 bits per heavy atom. The van der Waals surface area contributed by atoms with Crippen LogP contribution in [0.2, 0.25) is 5.02 Å². The highest BCUT2D eigenvalue weighted by molar-refractivity contribution is 6.30. The Morgan fingerprint density at radius 3 is 2.05 bits per heavy atom. The van der Waals surface area contributed by atoms with E-state index in [0.717, 1.165) is 5.02 Å². The van der Waals surface area contributed by atoms with Crippen LogP contribution in [0.1, 0.15) is 42.6 Å². The van der Waals surface area contributed by atoms with Gasteiger partial charge in [-0.15, -0.1) is 0 Å².